The molecular formula is C17H15NO2S2. The summed E-state index contributed by atoms with van der Waals surface area (Å²) in [7, 11) is 0. The van der Waals surface area contributed by atoms with E-state index < -0.39 is 0 Å². The molecule has 3 nitrogen and oxygen atoms in total. The van der Waals surface area contributed by atoms with E-state index in [4.69, 9.17) is 0 Å². The molecule has 1 fully saturated rings. The molecule has 2 amide bonds. The summed E-state index contributed by atoms with van der Waals surface area (Å²) in [6.07, 6.45) is 3.44. The van der Waals surface area contributed by atoms with Gasteiger partial charge in [-0.15, -0.1) is 0 Å². The number of hydrogen-bond donors (Lipinski definition) is 0. The van der Waals surface area contributed by atoms with E-state index in [-0.39, 0.29) is 11.1 Å². The first-order chi connectivity index (χ1) is 10.7. The van der Waals surface area contributed by atoms with Crippen LogP contribution in [0.5, 0.6) is 0 Å². The fraction of sp³-hybridized carbons (Fsp3) is 0.176. The van der Waals surface area contributed by atoms with Gasteiger partial charge in [-0.1, -0.05) is 30.3 Å². The Bertz CT molecular complexity index is 693. The Balaban J connectivity index is 1.60. The molecule has 22 heavy (non-hydrogen) atoms. The zero-order valence-corrected chi connectivity index (χ0v) is 13.5. The monoisotopic (exact) mass is 329 g/mol. The summed E-state index contributed by atoms with van der Waals surface area (Å²) in [5.74, 6) is -0.172. The lowest BCUT2D eigenvalue weighted by Crippen LogP contribution is -2.29. The summed E-state index contributed by atoms with van der Waals surface area (Å²) < 4.78 is 0. The van der Waals surface area contributed by atoms with Crippen molar-refractivity contribution in [1.82, 2.24) is 4.90 Å². The third kappa shape index (κ3) is 3.48. The van der Waals surface area contributed by atoms with Crippen molar-refractivity contribution in [2.45, 2.75) is 12.8 Å². The van der Waals surface area contributed by atoms with E-state index in [1.54, 1.807) is 17.4 Å². The molecule has 0 saturated carbocycles. The van der Waals surface area contributed by atoms with Gasteiger partial charge >= 0.3 is 0 Å². The first-order valence-electron chi connectivity index (χ1n) is 7.05. The fourth-order valence-corrected chi connectivity index (χ4v) is 3.77. The second-order valence-corrected chi connectivity index (χ2v) is 6.75. The van der Waals surface area contributed by atoms with E-state index in [1.807, 2.05) is 35.0 Å². The van der Waals surface area contributed by atoms with Crippen molar-refractivity contribution < 1.29 is 9.59 Å². The van der Waals surface area contributed by atoms with Gasteiger partial charge < -0.3 is 0 Å². The van der Waals surface area contributed by atoms with Crippen LogP contribution in [0.25, 0.3) is 6.08 Å². The van der Waals surface area contributed by atoms with Crippen molar-refractivity contribution in [3.63, 3.8) is 0 Å². The van der Waals surface area contributed by atoms with E-state index in [9.17, 15) is 9.59 Å². The van der Waals surface area contributed by atoms with E-state index in [0.29, 0.717) is 11.4 Å². The number of thioether (sulfide) groups is 1. The van der Waals surface area contributed by atoms with Gasteiger partial charge in [-0.05, 0) is 58.6 Å². The topological polar surface area (TPSA) is 37.4 Å². The lowest BCUT2D eigenvalue weighted by molar-refractivity contribution is -0.122. The number of nitrogens with zero attached hydrogens (tertiary/aromatic N) is 1. The minimum Gasteiger partial charge on any atom is -0.268 e. The Morgan fingerprint density at radius 1 is 1.09 bits per heavy atom. The molecule has 0 bridgehead atoms. The van der Waals surface area contributed by atoms with E-state index >= 15 is 0 Å². The molecule has 0 spiro atoms. The van der Waals surface area contributed by atoms with Gasteiger partial charge in [0.1, 0.15) is 0 Å². The van der Waals surface area contributed by atoms with Gasteiger partial charge in [-0.2, -0.15) is 11.3 Å². The maximum Gasteiger partial charge on any atom is 0.293 e. The number of benzene rings is 1. The number of hydrogen-bond acceptors (Lipinski definition) is 4. The average Bonchev–Trinajstić information content (AvgIpc) is 3.12. The summed E-state index contributed by atoms with van der Waals surface area (Å²) in [4.78, 5) is 26.2. The number of aryl methyl sites for hydroxylation is 1. The smallest absolute Gasteiger partial charge is 0.268 e. The quantitative estimate of drug-likeness (QED) is 0.762. The maximum atomic E-state index is 12.3. The first kappa shape index (κ1) is 15.1. The van der Waals surface area contributed by atoms with Crippen LogP contribution in [0.2, 0.25) is 0 Å². The van der Waals surface area contributed by atoms with Gasteiger partial charge in [0.25, 0.3) is 11.1 Å². The van der Waals surface area contributed by atoms with Crippen LogP contribution >= 0.6 is 23.1 Å². The molecule has 1 aromatic carbocycles. The Morgan fingerprint density at radius 2 is 1.91 bits per heavy atom. The molecule has 1 aliphatic heterocycles. The Labute approximate surface area is 137 Å². The lowest BCUT2D eigenvalue weighted by Gasteiger charge is -2.11. The molecule has 2 heterocycles. The van der Waals surface area contributed by atoms with Crippen molar-refractivity contribution in [1.29, 1.82) is 0 Å². The highest BCUT2D eigenvalue weighted by Crippen LogP contribution is 2.32. The average molecular weight is 329 g/mol. The molecule has 0 unspecified atom stereocenters. The van der Waals surface area contributed by atoms with Gasteiger partial charge in [0, 0.05) is 6.54 Å². The standard InChI is InChI=1S/C17H15NO2S2/c19-16-15(11-14-8-10-21-12-14)22-17(20)18(16)9-4-7-13-5-2-1-3-6-13/h1-3,5-6,8,10-12H,4,7,9H2/b15-11+. The fourth-order valence-electron chi connectivity index (χ4n) is 2.29. The Hall–Kier alpha value is -1.85. The van der Waals surface area contributed by atoms with Crippen molar-refractivity contribution in [2.75, 3.05) is 6.54 Å². The van der Waals surface area contributed by atoms with Gasteiger partial charge in [0.2, 0.25) is 0 Å². The molecule has 5 heteroatoms. The summed E-state index contributed by atoms with van der Waals surface area (Å²) >= 11 is 2.60. The second-order valence-electron chi connectivity index (χ2n) is 4.98. The van der Waals surface area contributed by atoms with Crippen LogP contribution in [0.15, 0.2) is 52.1 Å². The zero-order chi connectivity index (χ0) is 15.4. The minimum atomic E-state index is -0.172. The highest BCUT2D eigenvalue weighted by atomic mass is 32.2. The Kier molecular flexibility index (Phi) is 4.75. The minimum absolute atomic E-state index is 0.167. The van der Waals surface area contributed by atoms with E-state index in [2.05, 4.69) is 12.1 Å². The largest absolute Gasteiger partial charge is 0.293 e. The summed E-state index contributed by atoms with van der Waals surface area (Å²) in [5.41, 5.74) is 2.20. The molecule has 0 aliphatic carbocycles. The van der Waals surface area contributed by atoms with Crippen LogP contribution in [0.4, 0.5) is 4.79 Å². The molecule has 1 saturated heterocycles. The van der Waals surface area contributed by atoms with Crippen LogP contribution in [-0.2, 0) is 11.2 Å². The number of imide groups is 1. The molecule has 2 aromatic rings. The predicted octanol–water partition coefficient (Wildman–Crippen LogP) is 4.42. The van der Waals surface area contributed by atoms with Gasteiger partial charge in [-0.3, -0.25) is 14.5 Å². The lowest BCUT2D eigenvalue weighted by atomic mass is 10.1. The highest BCUT2D eigenvalue weighted by Gasteiger charge is 2.34. The normalized spacial score (nSPS) is 16.7. The van der Waals surface area contributed by atoms with Crippen LogP contribution in [0, 0.1) is 0 Å². The number of amides is 2. The highest BCUT2D eigenvalue weighted by molar-refractivity contribution is 8.18. The van der Waals surface area contributed by atoms with Crippen molar-refractivity contribution in [2.24, 2.45) is 0 Å². The first-order valence-corrected chi connectivity index (χ1v) is 8.81. The molecular weight excluding hydrogens is 314 g/mol. The summed E-state index contributed by atoms with van der Waals surface area (Å²) in [5, 5.41) is 3.75. The van der Waals surface area contributed by atoms with Gasteiger partial charge in [0.15, 0.2) is 0 Å². The van der Waals surface area contributed by atoms with Crippen LogP contribution in [0.1, 0.15) is 17.5 Å². The molecule has 1 aromatic heterocycles. The predicted molar refractivity (Wildman–Crippen MR) is 91.8 cm³/mol. The third-order valence-electron chi connectivity index (χ3n) is 3.40. The van der Waals surface area contributed by atoms with Gasteiger partial charge in [0.05, 0.1) is 4.91 Å². The molecule has 0 N–H and O–H groups in total. The molecule has 0 radical (unpaired) electrons. The van der Waals surface area contributed by atoms with E-state index in [0.717, 1.165) is 30.2 Å². The number of carbonyl (C=O) groups is 2. The summed E-state index contributed by atoms with van der Waals surface area (Å²) in [6.45, 7) is 0.473. The zero-order valence-electron chi connectivity index (χ0n) is 11.9. The summed E-state index contributed by atoms with van der Waals surface area (Å²) in [6, 6.07) is 12.0. The van der Waals surface area contributed by atoms with E-state index in [1.165, 1.54) is 10.5 Å². The van der Waals surface area contributed by atoms with Crippen molar-refractivity contribution in [3.8, 4) is 0 Å². The molecule has 1 aliphatic rings. The van der Waals surface area contributed by atoms with Crippen molar-refractivity contribution in [3.05, 3.63) is 63.2 Å². The number of carbonyl (C=O) groups excluding carboxylic acids is 2. The molecule has 112 valence electrons. The third-order valence-corrected chi connectivity index (χ3v) is 5.01. The van der Waals surface area contributed by atoms with Crippen LogP contribution in [-0.4, -0.2) is 22.6 Å². The SMILES string of the molecule is O=C1S/C(=C/c2ccsc2)C(=O)N1CCCc1ccccc1. The van der Waals surface area contributed by atoms with Crippen LogP contribution in [0.3, 0.4) is 0 Å². The second kappa shape index (κ2) is 6.94. The molecule has 3 rings (SSSR count). The molecule has 0 atom stereocenters. The van der Waals surface area contributed by atoms with Crippen molar-refractivity contribution >= 4 is 40.3 Å². The van der Waals surface area contributed by atoms with Gasteiger partial charge in [-0.25, -0.2) is 0 Å². The number of rotatable bonds is 5. The number of thiophene rings is 1. The van der Waals surface area contributed by atoms with Crippen LogP contribution < -0.4 is 0 Å². The maximum absolute atomic E-state index is 12.3. The Morgan fingerprint density at radius 3 is 2.64 bits per heavy atom.